The quantitative estimate of drug-likeness (QED) is 0.0629. The third kappa shape index (κ3) is 6.38. The van der Waals surface area contributed by atoms with E-state index < -0.39 is 11.7 Å². The highest BCUT2D eigenvalue weighted by atomic mass is 127. The number of carbonyl (C=O) groups excluding carboxylic acids is 1. The molecule has 6 N–H and O–H groups in total. The Morgan fingerprint density at radius 1 is 1.48 bits per heavy atom. The van der Waals surface area contributed by atoms with Crippen LogP contribution in [0.5, 0.6) is 0 Å². The molecule has 14 heteroatoms. The maximum atomic E-state index is 13.2. The van der Waals surface area contributed by atoms with Crippen molar-refractivity contribution in [2.45, 2.75) is 0 Å². The van der Waals surface area contributed by atoms with Crippen LogP contribution in [0.25, 0.3) is 0 Å². The summed E-state index contributed by atoms with van der Waals surface area (Å²) in [5, 5.41) is 19.0. The van der Waals surface area contributed by atoms with Crippen LogP contribution in [0.2, 0.25) is 0 Å². The van der Waals surface area contributed by atoms with Crippen LogP contribution in [-0.2, 0) is 4.79 Å². The predicted molar refractivity (Wildman–Crippen MR) is 103 cm³/mol. The standard InChI is InChI=1S/C11H11BrFN7O3.HIS/c12-6-3-5(1-2-7(6)13)16-11(18-22)9-10(20-23-19-9)15-4-8(21)17-14;1-2/h1-3,22H,4,14H2,(H,15,20)(H,16,18)(H,17,21);2H. The first-order valence-corrected chi connectivity index (χ1v) is 10.2. The molecular formula is C11H12BrFIN7O3S. The zero-order valence-corrected chi connectivity index (χ0v) is 16.8. The lowest BCUT2D eigenvalue weighted by Gasteiger charge is -2.05. The fourth-order valence-electron chi connectivity index (χ4n) is 1.49. The number of halogens is 3. The smallest absolute Gasteiger partial charge is 0.253 e. The second-order valence-electron chi connectivity index (χ2n) is 4.05. The van der Waals surface area contributed by atoms with Crippen molar-refractivity contribution in [3.63, 3.8) is 0 Å². The maximum absolute atomic E-state index is 13.2. The Morgan fingerprint density at radius 2 is 2.20 bits per heavy atom. The van der Waals surface area contributed by atoms with Crippen LogP contribution in [-0.4, -0.2) is 33.8 Å². The number of nitrogens with two attached hydrogens (primary N) is 1. The largest absolute Gasteiger partial charge is 0.356 e. The van der Waals surface area contributed by atoms with Gasteiger partial charge in [0.2, 0.25) is 5.82 Å². The number of benzene rings is 1. The molecule has 0 unspecified atom stereocenters. The lowest BCUT2D eigenvalue weighted by Crippen LogP contribution is -2.35. The number of thiol groups is 1. The molecule has 0 aliphatic carbocycles. The van der Waals surface area contributed by atoms with E-state index >= 15 is 0 Å². The van der Waals surface area contributed by atoms with Gasteiger partial charge in [-0.15, -0.1) is 9.80 Å². The fraction of sp³-hybridized carbons (Fsp3) is 0.0909. The Morgan fingerprint density at radius 3 is 2.80 bits per heavy atom. The number of carbonyl (C=O) groups is 1. The minimum atomic E-state index is -0.503. The molecule has 136 valence electrons. The molecule has 25 heavy (non-hydrogen) atoms. The number of hydrogen-bond acceptors (Lipinski definition) is 9. The van der Waals surface area contributed by atoms with E-state index in [0.29, 0.717) is 5.69 Å². The van der Waals surface area contributed by atoms with Gasteiger partial charge in [0, 0.05) is 0 Å². The summed E-state index contributed by atoms with van der Waals surface area (Å²) >= 11 is 4.87. The molecule has 0 bridgehead atoms. The highest BCUT2D eigenvalue weighted by Gasteiger charge is 2.17. The Labute approximate surface area is 166 Å². The van der Waals surface area contributed by atoms with E-state index in [-0.39, 0.29) is 28.4 Å². The summed E-state index contributed by atoms with van der Waals surface area (Å²) in [5.41, 5.74) is 4.10. The number of amides is 1. The molecule has 0 radical (unpaired) electrons. The van der Waals surface area contributed by atoms with Crippen molar-refractivity contribution >= 4 is 70.2 Å². The van der Waals surface area contributed by atoms with Crippen LogP contribution in [0.4, 0.5) is 15.9 Å². The van der Waals surface area contributed by atoms with Gasteiger partial charge in [0.1, 0.15) is 5.82 Å². The molecule has 0 saturated heterocycles. The van der Waals surface area contributed by atoms with E-state index in [0.717, 1.165) is 0 Å². The molecule has 0 aliphatic heterocycles. The number of hydroxylamine groups is 1. The van der Waals surface area contributed by atoms with E-state index in [2.05, 4.69) is 51.0 Å². The molecule has 0 spiro atoms. The second-order valence-corrected chi connectivity index (χ2v) is 4.91. The second kappa shape index (κ2) is 11.2. The SMILES string of the molecule is NNC(=O)CNc1nonc1C(=Nc1ccc(F)c(Br)c1)NO.SI. The van der Waals surface area contributed by atoms with Crippen LogP contribution in [0.1, 0.15) is 5.69 Å². The molecule has 0 fully saturated rings. The Hall–Kier alpha value is -1.49. The first kappa shape index (κ1) is 21.6. The molecule has 0 aliphatic rings. The fourth-order valence-corrected chi connectivity index (χ4v) is 1.86. The molecule has 1 aromatic heterocycles. The third-order valence-corrected chi connectivity index (χ3v) is 3.15. The van der Waals surface area contributed by atoms with Gasteiger partial charge < -0.3 is 5.32 Å². The molecule has 1 amide bonds. The van der Waals surface area contributed by atoms with Crippen molar-refractivity contribution in [1.29, 1.82) is 0 Å². The number of nitrogens with one attached hydrogen (secondary N) is 3. The van der Waals surface area contributed by atoms with Gasteiger partial charge in [-0.1, -0.05) is 0 Å². The number of hydrazine groups is 1. The number of aliphatic imine (C=N–C) groups is 1. The minimum absolute atomic E-state index is 0.0118. The molecule has 0 atom stereocenters. The Balaban J connectivity index is 0.00000151. The number of nitrogens with zero attached hydrogens (tertiary/aromatic N) is 3. The number of anilines is 1. The summed E-state index contributed by atoms with van der Waals surface area (Å²) in [6.45, 7) is -0.196. The zero-order chi connectivity index (χ0) is 18.8. The number of rotatable bonds is 5. The van der Waals surface area contributed by atoms with E-state index in [9.17, 15) is 14.4 Å². The van der Waals surface area contributed by atoms with Gasteiger partial charge in [-0.25, -0.2) is 19.9 Å². The minimum Gasteiger partial charge on any atom is -0.356 e. The van der Waals surface area contributed by atoms with Crippen molar-refractivity contribution < 1.29 is 19.0 Å². The molecule has 2 rings (SSSR count). The lowest BCUT2D eigenvalue weighted by molar-refractivity contribution is -0.119. The topological polar surface area (TPSA) is 151 Å². The van der Waals surface area contributed by atoms with Gasteiger partial charge >= 0.3 is 0 Å². The van der Waals surface area contributed by atoms with Crippen LogP contribution < -0.4 is 22.1 Å². The molecule has 1 heterocycles. The highest BCUT2D eigenvalue weighted by Crippen LogP contribution is 2.23. The Bertz CT molecular complexity index is 748. The first-order valence-electron chi connectivity index (χ1n) is 6.22. The van der Waals surface area contributed by atoms with Crippen molar-refractivity contribution in [3.05, 3.63) is 34.2 Å². The van der Waals surface area contributed by atoms with Gasteiger partial charge in [-0.2, -0.15) is 0 Å². The van der Waals surface area contributed by atoms with E-state index in [1.165, 1.54) is 18.2 Å². The van der Waals surface area contributed by atoms with Crippen LogP contribution in [0.3, 0.4) is 0 Å². The number of aromatic nitrogens is 2. The number of hydrogen-bond donors (Lipinski definition) is 6. The summed E-state index contributed by atoms with van der Waals surface area (Å²) in [6.07, 6.45) is 0. The molecular weight excluding hydrogens is 536 g/mol. The zero-order valence-electron chi connectivity index (χ0n) is 12.2. The Kier molecular flexibility index (Phi) is 9.65. The number of amidine groups is 1. The van der Waals surface area contributed by atoms with Gasteiger partial charge in [-0.3, -0.25) is 20.9 Å². The van der Waals surface area contributed by atoms with Gasteiger partial charge in [0.25, 0.3) is 5.91 Å². The summed E-state index contributed by atoms with van der Waals surface area (Å²) in [6, 6.07) is 3.98. The van der Waals surface area contributed by atoms with Crippen LogP contribution in [0, 0.1) is 5.82 Å². The van der Waals surface area contributed by atoms with Gasteiger partial charge in [0.05, 0.1) is 16.7 Å². The summed E-state index contributed by atoms with van der Waals surface area (Å²) in [5.74, 6) is 3.92. The predicted octanol–water partition coefficient (Wildman–Crippen LogP) is 1.70. The molecule has 1 aromatic carbocycles. The van der Waals surface area contributed by atoms with E-state index in [1.54, 1.807) is 0 Å². The van der Waals surface area contributed by atoms with Crippen molar-refractivity contribution in [2.24, 2.45) is 10.8 Å². The normalized spacial score (nSPS) is 10.6. The molecule has 10 nitrogen and oxygen atoms in total. The van der Waals surface area contributed by atoms with Crippen LogP contribution >= 0.6 is 46.9 Å². The van der Waals surface area contributed by atoms with Crippen molar-refractivity contribution in [1.82, 2.24) is 21.2 Å². The molecule has 0 saturated carbocycles. The van der Waals surface area contributed by atoms with Crippen LogP contribution in [0.15, 0.2) is 32.3 Å². The van der Waals surface area contributed by atoms with Crippen molar-refractivity contribution in [3.8, 4) is 0 Å². The van der Waals surface area contributed by atoms with E-state index in [1.807, 2.05) is 32.1 Å². The molecule has 2 aromatic rings. The van der Waals surface area contributed by atoms with Gasteiger partial charge in [-0.05, 0) is 65.6 Å². The van der Waals surface area contributed by atoms with Gasteiger partial charge in [0.15, 0.2) is 11.5 Å². The lowest BCUT2D eigenvalue weighted by atomic mass is 10.3. The third-order valence-electron chi connectivity index (χ3n) is 2.54. The summed E-state index contributed by atoms with van der Waals surface area (Å²) < 4.78 is 18.0. The summed E-state index contributed by atoms with van der Waals surface area (Å²) in [4.78, 5) is 15.2. The average Bonchev–Trinajstić information content (AvgIpc) is 3.10. The maximum Gasteiger partial charge on any atom is 0.253 e. The van der Waals surface area contributed by atoms with Crippen molar-refractivity contribution in [2.75, 3.05) is 11.9 Å². The van der Waals surface area contributed by atoms with E-state index in [4.69, 9.17) is 5.84 Å². The summed E-state index contributed by atoms with van der Waals surface area (Å²) in [7, 11) is 3.50. The highest BCUT2D eigenvalue weighted by molar-refractivity contribution is 14.2. The average molecular weight is 548 g/mol. The monoisotopic (exact) mass is 547 g/mol. The first-order chi connectivity index (χ1) is 12.0.